The van der Waals surface area contributed by atoms with E-state index < -0.39 is 17.4 Å². The van der Waals surface area contributed by atoms with E-state index in [1.54, 1.807) is 0 Å². The highest BCUT2D eigenvalue weighted by Crippen LogP contribution is 2.44. The van der Waals surface area contributed by atoms with Crippen LogP contribution in [-0.2, 0) is 42.3 Å². The Morgan fingerprint density at radius 3 is 2.33 bits per heavy atom. The van der Waals surface area contributed by atoms with Crippen molar-refractivity contribution in [3.05, 3.63) is 62.7 Å². The monoisotopic (exact) mass is 622 g/mol. The van der Waals surface area contributed by atoms with Gasteiger partial charge in [0.25, 0.3) is 0 Å². The molecule has 0 saturated heterocycles. The van der Waals surface area contributed by atoms with Gasteiger partial charge in [-0.05, 0) is 69.7 Å². The van der Waals surface area contributed by atoms with Crippen molar-refractivity contribution in [2.75, 3.05) is 14.2 Å². The maximum atomic E-state index is 13.8. The molecule has 9 nitrogen and oxygen atoms in total. The van der Waals surface area contributed by atoms with Gasteiger partial charge in [-0.25, -0.2) is 4.79 Å². The van der Waals surface area contributed by atoms with E-state index >= 15 is 0 Å². The number of esters is 4. The van der Waals surface area contributed by atoms with Crippen LogP contribution in [0.5, 0.6) is 17.2 Å². The van der Waals surface area contributed by atoms with Gasteiger partial charge in [0.05, 0.1) is 26.6 Å². The molecule has 1 atom stereocenters. The number of methoxy groups -OCH3 is 2. The second-order valence-electron chi connectivity index (χ2n) is 12.4. The zero-order chi connectivity index (χ0) is 33.6. The van der Waals surface area contributed by atoms with Crippen molar-refractivity contribution >= 4 is 23.9 Å². The van der Waals surface area contributed by atoms with Gasteiger partial charge in [0, 0.05) is 28.5 Å². The molecule has 1 unspecified atom stereocenters. The number of aryl methyl sites for hydroxylation is 2. The number of carbonyl (C=O) groups excluding carboxylic acids is 4. The molecule has 244 valence electrons. The number of cyclic esters (lactones) is 1. The smallest absolute Gasteiger partial charge is 0.342 e. The fourth-order valence-electron chi connectivity index (χ4n) is 5.75. The summed E-state index contributed by atoms with van der Waals surface area (Å²) in [5.41, 5.74) is 4.77. The van der Waals surface area contributed by atoms with E-state index in [9.17, 15) is 19.2 Å². The average Bonchev–Trinajstić information content (AvgIpc) is 3.36. The van der Waals surface area contributed by atoms with Gasteiger partial charge in [-0.3, -0.25) is 14.4 Å². The highest BCUT2D eigenvalue weighted by molar-refractivity contribution is 5.99. The van der Waals surface area contributed by atoms with E-state index in [1.807, 2.05) is 73.6 Å². The van der Waals surface area contributed by atoms with Gasteiger partial charge in [-0.1, -0.05) is 45.4 Å². The van der Waals surface area contributed by atoms with Crippen molar-refractivity contribution < 1.29 is 42.9 Å². The average molecular weight is 623 g/mol. The molecule has 0 fully saturated rings. The summed E-state index contributed by atoms with van der Waals surface area (Å²) in [6.45, 7) is 15.2. The Labute approximate surface area is 266 Å². The van der Waals surface area contributed by atoms with Crippen LogP contribution in [0.4, 0.5) is 0 Å². The van der Waals surface area contributed by atoms with Gasteiger partial charge in [0.1, 0.15) is 23.7 Å². The topological polar surface area (TPSA) is 114 Å². The highest BCUT2D eigenvalue weighted by atomic mass is 16.6. The van der Waals surface area contributed by atoms with Gasteiger partial charge in [0.15, 0.2) is 5.75 Å². The number of hydrogen-bond acceptors (Lipinski definition) is 9. The molecule has 2 aromatic carbocycles. The molecule has 1 heterocycles. The van der Waals surface area contributed by atoms with Crippen LogP contribution in [0.3, 0.4) is 0 Å². The molecule has 0 spiro atoms. The van der Waals surface area contributed by atoms with E-state index in [4.69, 9.17) is 23.7 Å². The molecule has 0 aromatic heterocycles. The van der Waals surface area contributed by atoms with Crippen molar-refractivity contribution in [2.24, 2.45) is 5.92 Å². The lowest BCUT2D eigenvalue weighted by molar-refractivity contribution is -0.141. The van der Waals surface area contributed by atoms with E-state index in [2.05, 4.69) is 0 Å². The van der Waals surface area contributed by atoms with E-state index in [-0.39, 0.29) is 55.0 Å². The first-order valence-corrected chi connectivity index (χ1v) is 15.3. The fraction of sp³-hybridized carbons (Fsp3) is 0.500. The third kappa shape index (κ3) is 8.12. The van der Waals surface area contributed by atoms with E-state index in [0.29, 0.717) is 35.5 Å². The largest absolute Gasteiger partial charge is 0.496 e. The standard InChI is InChI=1S/C36H46O9/c1-11-22(4)34(39)44-27-17-21(3)16-23(5)31(27)36(7,8)18-29(38)45-33-25(14-12-20(2)13-15-28(37)41-9)32(42-10)24(6)26-19-43-35(40)30(26)33/h12,16-17,22H,11,13-15,18-19H2,1-10H3/b20-12+. The lowest BCUT2D eigenvalue weighted by atomic mass is 9.78. The Balaban J connectivity index is 2.02. The highest BCUT2D eigenvalue weighted by Gasteiger charge is 2.36. The molecule has 9 heteroatoms. The minimum absolute atomic E-state index is 0.0498. The summed E-state index contributed by atoms with van der Waals surface area (Å²) in [6, 6.07) is 3.81. The van der Waals surface area contributed by atoms with Crippen LogP contribution >= 0.6 is 0 Å². The molecule has 3 rings (SSSR count). The zero-order valence-electron chi connectivity index (χ0n) is 28.2. The number of carbonyl (C=O) groups is 4. The summed E-state index contributed by atoms with van der Waals surface area (Å²) in [5, 5.41) is 0. The molecular formula is C36H46O9. The summed E-state index contributed by atoms with van der Waals surface area (Å²) in [5.74, 6) is -1.03. The molecule has 0 radical (unpaired) electrons. The van der Waals surface area contributed by atoms with Crippen LogP contribution in [0.25, 0.3) is 0 Å². The predicted molar refractivity (Wildman–Crippen MR) is 170 cm³/mol. The Morgan fingerprint density at radius 1 is 1.02 bits per heavy atom. The zero-order valence-corrected chi connectivity index (χ0v) is 28.2. The van der Waals surface area contributed by atoms with Gasteiger partial charge in [0.2, 0.25) is 0 Å². The molecule has 0 N–H and O–H groups in total. The van der Waals surface area contributed by atoms with Gasteiger partial charge in [-0.2, -0.15) is 0 Å². The second kappa shape index (κ2) is 14.8. The Morgan fingerprint density at radius 2 is 1.71 bits per heavy atom. The molecule has 0 aliphatic carbocycles. The van der Waals surface area contributed by atoms with Gasteiger partial charge in [-0.15, -0.1) is 0 Å². The predicted octanol–water partition coefficient (Wildman–Crippen LogP) is 6.96. The van der Waals surface area contributed by atoms with Crippen LogP contribution in [0, 0.1) is 26.7 Å². The molecule has 1 aliphatic heterocycles. The van der Waals surface area contributed by atoms with Crippen LogP contribution in [-0.4, -0.2) is 38.1 Å². The first kappa shape index (κ1) is 35.3. The van der Waals surface area contributed by atoms with Crippen LogP contribution in [0.1, 0.15) is 104 Å². The maximum Gasteiger partial charge on any atom is 0.342 e. The van der Waals surface area contributed by atoms with E-state index in [1.165, 1.54) is 14.2 Å². The fourth-order valence-corrected chi connectivity index (χ4v) is 5.75. The molecule has 1 aliphatic rings. The lowest BCUT2D eigenvalue weighted by Gasteiger charge is -2.29. The van der Waals surface area contributed by atoms with Gasteiger partial charge >= 0.3 is 23.9 Å². The normalized spacial score (nSPS) is 13.6. The Kier molecular flexibility index (Phi) is 11.6. The molecule has 45 heavy (non-hydrogen) atoms. The maximum absolute atomic E-state index is 13.8. The molecule has 0 saturated carbocycles. The first-order valence-electron chi connectivity index (χ1n) is 15.3. The second-order valence-corrected chi connectivity index (χ2v) is 12.4. The SMILES string of the molecule is CCC(C)C(=O)Oc1cc(C)cc(C)c1C(C)(C)CC(=O)Oc1c(C/C=C(\C)CCC(=O)OC)c(OC)c(C)c2c1C(=O)OC2. The quantitative estimate of drug-likeness (QED) is 0.133. The minimum Gasteiger partial charge on any atom is -0.496 e. The molecular weight excluding hydrogens is 576 g/mol. The summed E-state index contributed by atoms with van der Waals surface area (Å²) in [6.07, 6.45) is 3.50. The summed E-state index contributed by atoms with van der Waals surface area (Å²) < 4.78 is 27.8. The summed E-state index contributed by atoms with van der Waals surface area (Å²) in [7, 11) is 2.88. The summed E-state index contributed by atoms with van der Waals surface area (Å²) in [4.78, 5) is 51.1. The van der Waals surface area contributed by atoms with Gasteiger partial charge < -0.3 is 23.7 Å². The number of rotatable bonds is 13. The van der Waals surface area contributed by atoms with Crippen LogP contribution < -0.4 is 14.2 Å². The Bertz CT molecular complexity index is 1510. The first-order chi connectivity index (χ1) is 21.1. The number of benzene rings is 2. The van der Waals surface area contributed by atoms with Crippen molar-refractivity contribution in [2.45, 2.75) is 99.5 Å². The van der Waals surface area contributed by atoms with Crippen molar-refractivity contribution in [1.29, 1.82) is 0 Å². The molecule has 0 amide bonds. The van der Waals surface area contributed by atoms with Crippen LogP contribution in [0.2, 0.25) is 0 Å². The third-order valence-electron chi connectivity index (χ3n) is 8.38. The number of ether oxygens (including phenoxy) is 5. The number of hydrogen-bond donors (Lipinski definition) is 0. The van der Waals surface area contributed by atoms with Crippen LogP contribution in [0.15, 0.2) is 23.8 Å². The lowest BCUT2D eigenvalue weighted by Crippen LogP contribution is -2.28. The minimum atomic E-state index is -0.803. The van der Waals surface area contributed by atoms with Crippen molar-refractivity contribution in [3.63, 3.8) is 0 Å². The van der Waals surface area contributed by atoms with Crippen molar-refractivity contribution in [1.82, 2.24) is 0 Å². The molecule has 2 aromatic rings. The summed E-state index contributed by atoms with van der Waals surface area (Å²) >= 11 is 0. The number of allylic oxidation sites excluding steroid dienone is 2. The van der Waals surface area contributed by atoms with E-state index in [0.717, 1.165) is 27.8 Å². The number of fused-ring (bicyclic) bond motifs is 1. The Hall–Kier alpha value is -4.14. The van der Waals surface area contributed by atoms with Crippen molar-refractivity contribution in [3.8, 4) is 17.2 Å². The molecule has 0 bridgehead atoms. The third-order valence-corrected chi connectivity index (χ3v) is 8.38.